The highest BCUT2D eigenvalue weighted by molar-refractivity contribution is 6.34. The number of ether oxygens (including phenoxy) is 1. The maximum absolute atomic E-state index is 12.0. The Kier molecular flexibility index (Phi) is 5.37. The molecule has 2 rings (SSSR count). The molecule has 8 heteroatoms. The van der Waals surface area contributed by atoms with Gasteiger partial charge in [0.15, 0.2) is 12.4 Å². The third kappa shape index (κ3) is 4.58. The van der Waals surface area contributed by atoms with Crippen molar-refractivity contribution in [3.63, 3.8) is 0 Å². The van der Waals surface area contributed by atoms with E-state index in [1.54, 1.807) is 29.1 Å². The number of carbonyl (C=O) groups excluding carboxylic acids is 2. The zero-order chi connectivity index (χ0) is 16.8. The number of benzene rings is 1. The lowest BCUT2D eigenvalue weighted by Crippen LogP contribution is -2.39. The van der Waals surface area contributed by atoms with Crippen molar-refractivity contribution >= 4 is 35.0 Å². The summed E-state index contributed by atoms with van der Waals surface area (Å²) in [6.07, 6.45) is 2.77. The van der Waals surface area contributed by atoms with Gasteiger partial charge in [-0.15, -0.1) is 0 Å². The number of hydrogen-bond acceptors (Lipinski definition) is 4. The quantitative estimate of drug-likeness (QED) is 0.589. The Morgan fingerprint density at radius 3 is 2.52 bits per heavy atom. The minimum atomic E-state index is -0.719. The van der Waals surface area contributed by atoms with Crippen molar-refractivity contribution in [1.82, 2.24) is 0 Å². The summed E-state index contributed by atoms with van der Waals surface area (Å²) in [4.78, 5) is 23.1. The number of halogens is 1. The van der Waals surface area contributed by atoms with Crippen LogP contribution in [-0.4, -0.2) is 24.2 Å². The molecule has 0 radical (unpaired) electrons. The van der Waals surface area contributed by atoms with Crippen LogP contribution in [0.4, 0.5) is 16.2 Å². The van der Waals surface area contributed by atoms with Crippen LogP contribution < -0.4 is 15.2 Å². The van der Waals surface area contributed by atoms with E-state index in [4.69, 9.17) is 11.6 Å². The van der Waals surface area contributed by atoms with Gasteiger partial charge in [0, 0.05) is 18.2 Å². The Balaban J connectivity index is 2.09. The van der Waals surface area contributed by atoms with Gasteiger partial charge in [-0.05, 0) is 6.07 Å². The molecular formula is C15H15ClN3O4+. The SMILES string of the molecule is COC(=O)Nc1cc(O)c(NC(=O)C[n+]2ccccc2)cc1Cl. The first-order valence-corrected chi connectivity index (χ1v) is 6.99. The molecule has 120 valence electrons. The second-order valence-electron chi connectivity index (χ2n) is 4.56. The summed E-state index contributed by atoms with van der Waals surface area (Å²) in [5.74, 6) is -0.562. The van der Waals surface area contributed by atoms with Gasteiger partial charge in [0.25, 0.3) is 5.91 Å². The fourth-order valence-electron chi connectivity index (χ4n) is 1.81. The Hall–Kier alpha value is -2.80. The number of aromatic nitrogens is 1. The van der Waals surface area contributed by atoms with E-state index in [0.29, 0.717) is 0 Å². The topological polar surface area (TPSA) is 91.5 Å². The van der Waals surface area contributed by atoms with Crippen LogP contribution in [0.3, 0.4) is 0 Å². The Morgan fingerprint density at radius 1 is 1.17 bits per heavy atom. The molecule has 1 aromatic carbocycles. The highest BCUT2D eigenvalue weighted by atomic mass is 35.5. The molecule has 0 aliphatic carbocycles. The van der Waals surface area contributed by atoms with Crippen molar-refractivity contribution in [2.75, 3.05) is 17.7 Å². The molecule has 0 fully saturated rings. The van der Waals surface area contributed by atoms with Crippen molar-refractivity contribution in [2.24, 2.45) is 0 Å². The molecule has 0 spiro atoms. The van der Waals surface area contributed by atoms with Crippen LogP contribution in [0.1, 0.15) is 0 Å². The molecule has 0 atom stereocenters. The minimum absolute atomic E-state index is 0.0834. The van der Waals surface area contributed by atoms with E-state index in [1.807, 2.05) is 6.07 Å². The van der Waals surface area contributed by atoms with Gasteiger partial charge in [-0.1, -0.05) is 17.7 Å². The number of hydrogen-bond donors (Lipinski definition) is 3. The van der Waals surface area contributed by atoms with E-state index < -0.39 is 6.09 Å². The molecule has 0 aliphatic heterocycles. The number of rotatable bonds is 4. The van der Waals surface area contributed by atoms with E-state index in [9.17, 15) is 14.7 Å². The van der Waals surface area contributed by atoms with Gasteiger partial charge < -0.3 is 15.2 Å². The largest absolute Gasteiger partial charge is 0.506 e. The molecule has 1 aromatic heterocycles. The summed E-state index contributed by atoms with van der Waals surface area (Å²) in [6.45, 7) is 0.0834. The van der Waals surface area contributed by atoms with E-state index >= 15 is 0 Å². The summed E-state index contributed by atoms with van der Waals surface area (Å²) in [5.41, 5.74) is 0.318. The first-order valence-electron chi connectivity index (χ1n) is 6.61. The molecule has 23 heavy (non-hydrogen) atoms. The number of amides is 2. The molecular weight excluding hydrogens is 322 g/mol. The van der Waals surface area contributed by atoms with Gasteiger partial charge in [0.2, 0.25) is 6.54 Å². The predicted octanol–water partition coefficient (Wildman–Crippen LogP) is 2.15. The number of anilines is 2. The van der Waals surface area contributed by atoms with Gasteiger partial charge in [-0.3, -0.25) is 10.1 Å². The maximum Gasteiger partial charge on any atom is 0.411 e. The highest BCUT2D eigenvalue weighted by Gasteiger charge is 2.15. The lowest BCUT2D eigenvalue weighted by atomic mass is 10.2. The average molecular weight is 337 g/mol. The van der Waals surface area contributed by atoms with Crippen LogP contribution in [0, 0.1) is 0 Å². The van der Waals surface area contributed by atoms with E-state index in [1.165, 1.54) is 19.2 Å². The molecule has 0 saturated carbocycles. The van der Waals surface area contributed by atoms with E-state index in [0.717, 1.165) is 0 Å². The maximum atomic E-state index is 12.0. The van der Waals surface area contributed by atoms with E-state index in [-0.39, 0.29) is 34.6 Å². The van der Waals surface area contributed by atoms with E-state index in [2.05, 4.69) is 15.4 Å². The van der Waals surface area contributed by atoms with Crippen molar-refractivity contribution < 1.29 is 24.0 Å². The number of carbonyl (C=O) groups is 2. The molecule has 0 bridgehead atoms. The summed E-state index contributed by atoms with van der Waals surface area (Å²) in [7, 11) is 1.21. The Bertz CT molecular complexity index is 722. The van der Waals surface area contributed by atoms with Crippen LogP contribution in [0.5, 0.6) is 5.75 Å². The first kappa shape index (κ1) is 16.6. The van der Waals surface area contributed by atoms with Crippen molar-refractivity contribution in [2.45, 2.75) is 6.54 Å². The molecule has 2 amide bonds. The van der Waals surface area contributed by atoms with Crippen LogP contribution in [-0.2, 0) is 16.1 Å². The van der Waals surface area contributed by atoms with Crippen molar-refractivity contribution in [1.29, 1.82) is 0 Å². The summed E-state index contributed by atoms with van der Waals surface area (Å²) < 4.78 is 6.13. The van der Waals surface area contributed by atoms with Gasteiger partial charge >= 0.3 is 6.09 Å². The zero-order valence-electron chi connectivity index (χ0n) is 12.2. The smallest absolute Gasteiger partial charge is 0.411 e. The van der Waals surface area contributed by atoms with Crippen molar-refractivity contribution in [3.05, 3.63) is 47.7 Å². The fourth-order valence-corrected chi connectivity index (χ4v) is 2.02. The third-order valence-corrected chi connectivity index (χ3v) is 3.20. The first-order chi connectivity index (χ1) is 11.0. The molecule has 0 saturated heterocycles. The summed E-state index contributed by atoms with van der Waals surface area (Å²) in [6, 6.07) is 8.01. The molecule has 3 N–H and O–H groups in total. The monoisotopic (exact) mass is 336 g/mol. The highest BCUT2D eigenvalue weighted by Crippen LogP contribution is 2.33. The van der Waals surface area contributed by atoms with Crippen LogP contribution in [0.2, 0.25) is 5.02 Å². The molecule has 2 aromatic rings. The van der Waals surface area contributed by atoms with Gasteiger partial charge in [-0.25, -0.2) is 4.79 Å². The fraction of sp³-hybridized carbons (Fsp3) is 0.133. The zero-order valence-corrected chi connectivity index (χ0v) is 13.0. The molecule has 1 heterocycles. The number of phenolic OH excluding ortho intramolecular Hbond substituents is 1. The Morgan fingerprint density at radius 2 is 1.87 bits per heavy atom. The second kappa shape index (κ2) is 7.46. The molecule has 0 aliphatic rings. The number of pyridine rings is 1. The summed E-state index contributed by atoms with van der Waals surface area (Å²) >= 11 is 6.01. The van der Waals surface area contributed by atoms with Crippen LogP contribution >= 0.6 is 11.6 Å². The second-order valence-corrected chi connectivity index (χ2v) is 4.97. The number of aromatic hydroxyl groups is 1. The molecule has 0 unspecified atom stereocenters. The van der Waals surface area contributed by atoms with Gasteiger partial charge in [0.05, 0.1) is 23.5 Å². The lowest BCUT2D eigenvalue weighted by Gasteiger charge is -2.11. The van der Waals surface area contributed by atoms with Crippen LogP contribution in [0.15, 0.2) is 42.7 Å². The number of nitrogens with one attached hydrogen (secondary N) is 2. The number of phenols is 1. The average Bonchev–Trinajstić information content (AvgIpc) is 2.53. The number of nitrogens with zero attached hydrogens (tertiary/aromatic N) is 1. The minimum Gasteiger partial charge on any atom is -0.506 e. The third-order valence-electron chi connectivity index (χ3n) is 2.89. The van der Waals surface area contributed by atoms with Crippen molar-refractivity contribution in [3.8, 4) is 5.75 Å². The lowest BCUT2D eigenvalue weighted by molar-refractivity contribution is -0.684. The normalized spacial score (nSPS) is 10.0. The van der Waals surface area contributed by atoms with Gasteiger partial charge in [-0.2, -0.15) is 4.57 Å². The molecule has 7 nitrogen and oxygen atoms in total. The number of methoxy groups -OCH3 is 1. The predicted molar refractivity (Wildman–Crippen MR) is 84.4 cm³/mol. The summed E-state index contributed by atoms with van der Waals surface area (Å²) in [5, 5.41) is 15.0. The van der Waals surface area contributed by atoms with Crippen LogP contribution in [0.25, 0.3) is 0 Å². The van der Waals surface area contributed by atoms with Gasteiger partial charge in [0.1, 0.15) is 5.75 Å². The standard InChI is InChI=1S/C15H14ClN3O4/c1-23-15(22)18-11-8-13(20)12(7-10(11)16)17-14(21)9-19-5-3-2-4-6-19/h2-8H,9H2,1H3,(H2-,17,18,20,21,22)/p+1. The Labute approximate surface area is 137 Å².